The number of H-pyrrole nitrogens is 1. The summed E-state index contributed by atoms with van der Waals surface area (Å²) >= 11 is 6.87. The van der Waals surface area contributed by atoms with Crippen LogP contribution in [-0.2, 0) is 34.2 Å². The SMILES string of the molecule is CCCCCS(=O)(=O)NC(=O)C/C=C/c1c(CC)nc(CCC)n1Cc1ccc(-c2ccccc2-c2nn[nH]n2)cc1Cl. The summed E-state index contributed by atoms with van der Waals surface area (Å²) in [4.78, 5) is 17.3. The van der Waals surface area contributed by atoms with Gasteiger partial charge in [-0.3, -0.25) is 9.52 Å². The Bertz CT molecular complexity index is 1660. The molecule has 0 fully saturated rings. The highest BCUT2D eigenvalue weighted by Gasteiger charge is 2.18. The lowest BCUT2D eigenvalue weighted by molar-refractivity contribution is -0.118. The van der Waals surface area contributed by atoms with E-state index in [-0.39, 0.29) is 12.2 Å². The van der Waals surface area contributed by atoms with Gasteiger partial charge in [-0.25, -0.2) is 13.4 Å². The largest absolute Gasteiger partial charge is 0.324 e. The molecule has 10 nitrogen and oxygen atoms in total. The van der Waals surface area contributed by atoms with E-state index in [1.165, 1.54) is 0 Å². The van der Waals surface area contributed by atoms with Gasteiger partial charge < -0.3 is 4.57 Å². The molecule has 43 heavy (non-hydrogen) atoms. The van der Waals surface area contributed by atoms with Gasteiger partial charge in [-0.05, 0) is 53.3 Å². The van der Waals surface area contributed by atoms with E-state index in [2.05, 4.69) is 36.8 Å². The Labute approximate surface area is 258 Å². The van der Waals surface area contributed by atoms with Crippen LogP contribution in [0.4, 0.5) is 0 Å². The number of carbonyl (C=O) groups excluding carboxylic acids is 1. The van der Waals surface area contributed by atoms with E-state index in [0.29, 0.717) is 30.2 Å². The Balaban J connectivity index is 1.57. The minimum absolute atomic E-state index is 0.0499. The van der Waals surface area contributed by atoms with Gasteiger partial charge in [0.05, 0.1) is 23.7 Å². The van der Waals surface area contributed by atoms with Crippen LogP contribution in [0.2, 0.25) is 5.02 Å². The van der Waals surface area contributed by atoms with Crippen molar-refractivity contribution in [3.8, 4) is 22.5 Å². The van der Waals surface area contributed by atoms with Crippen molar-refractivity contribution >= 4 is 33.6 Å². The number of benzene rings is 2. The molecule has 2 aromatic carbocycles. The normalized spacial score (nSPS) is 11.8. The maximum absolute atomic E-state index is 12.4. The number of hydrogen-bond acceptors (Lipinski definition) is 7. The standard InChI is InChI=1S/C31H38ClN7O3S/c1-4-7-10-19-43(41,42)36-30(40)16-11-15-28-27(6-3)33-29(12-5-2)39(28)21-23-18-17-22(20-26(23)32)24-13-8-9-14-25(24)31-34-37-38-35-31/h8-9,11,13-15,17-18,20H,4-7,10,12,16,19,21H2,1-3H3,(H,36,40)(H,34,35,37,38)/b15-11+. The van der Waals surface area contributed by atoms with Crippen molar-refractivity contribution in [3.63, 3.8) is 0 Å². The summed E-state index contributed by atoms with van der Waals surface area (Å²) in [5.41, 5.74) is 5.43. The molecule has 0 atom stereocenters. The Hall–Kier alpha value is -3.83. The molecule has 0 radical (unpaired) electrons. The third kappa shape index (κ3) is 8.39. The number of sulfonamides is 1. The van der Waals surface area contributed by atoms with E-state index >= 15 is 0 Å². The quantitative estimate of drug-likeness (QED) is 0.155. The Morgan fingerprint density at radius 2 is 1.86 bits per heavy atom. The van der Waals surface area contributed by atoms with Gasteiger partial charge in [-0.2, -0.15) is 5.21 Å². The summed E-state index contributed by atoms with van der Waals surface area (Å²) in [6.07, 6.45) is 8.15. The molecule has 4 aromatic rings. The van der Waals surface area contributed by atoms with Gasteiger partial charge in [0, 0.05) is 23.4 Å². The van der Waals surface area contributed by atoms with Crippen LogP contribution in [0.1, 0.15) is 75.7 Å². The van der Waals surface area contributed by atoms with Crippen LogP contribution in [0.25, 0.3) is 28.6 Å². The fourth-order valence-electron chi connectivity index (χ4n) is 4.91. The molecule has 0 spiro atoms. The third-order valence-corrected chi connectivity index (χ3v) is 8.76. The second kappa shape index (κ2) is 15.1. The van der Waals surface area contributed by atoms with Gasteiger partial charge >= 0.3 is 0 Å². The maximum Gasteiger partial charge on any atom is 0.237 e. The Morgan fingerprint density at radius 3 is 2.53 bits per heavy atom. The fraction of sp³-hybridized carbons (Fsp3) is 0.387. The Morgan fingerprint density at radius 1 is 1.07 bits per heavy atom. The van der Waals surface area contributed by atoms with E-state index in [0.717, 1.165) is 65.1 Å². The smallest absolute Gasteiger partial charge is 0.237 e. The summed E-state index contributed by atoms with van der Waals surface area (Å²) in [5.74, 6) is 0.839. The van der Waals surface area contributed by atoms with Crippen LogP contribution in [0.3, 0.4) is 0 Å². The van der Waals surface area contributed by atoms with Crippen LogP contribution in [0.5, 0.6) is 0 Å². The number of halogens is 1. The monoisotopic (exact) mass is 623 g/mol. The number of unbranched alkanes of at least 4 members (excludes halogenated alkanes) is 2. The minimum atomic E-state index is -3.63. The van der Waals surface area contributed by atoms with E-state index in [1.54, 1.807) is 6.08 Å². The molecule has 1 amide bonds. The zero-order chi connectivity index (χ0) is 30.8. The van der Waals surface area contributed by atoms with E-state index in [1.807, 2.05) is 62.4 Å². The number of aromatic nitrogens is 6. The number of nitrogens with one attached hydrogen (secondary N) is 2. The molecule has 0 bridgehead atoms. The average Bonchev–Trinajstić information content (AvgIpc) is 3.63. The van der Waals surface area contributed by atoms with Crippen molar-refractivity contribution in [2.24, 2.45) is 0 Å². The van der Waals surface area contributed by atoms with Crippen molar-refractivity contribution in [2.45, 2.75) is 72.3 Å². The molecule has 0 saturated heterocycles. The van der Waals surface area contributed by atoms with Gasteiger partial charge in [0.1, 0.15) is 5.82 Å². The number of rotatable bonds is 15. The van der Waals surface area contributed by atoms with E-state index in [4.69, 9.17) is 16.6 Å². The molecular formula is C31H38ClN7O3S. The summed E-state index contributed by atoms with van der Waals surface area (Å²) in [6.45, 7) is 6.64. The lowest BCUT2D eigenvalue weighted by Gasteiger charge is -2.14. The van der Waals surface area contributed by atoms with Gasteiger partial charge in [-0.1, -0.05) is 87.7 Å². The molecular weight excluding hydrogens is 586 g/mol. The number of amides is 1. The number of imidazole rings is 1. The topological polar surface area (TPSA) is 136 Å². The highest BCUT2D eigenvalue weighted by Crippen LogP contribution is 2.33. The molecule has 0 aliphatic carbocycles. The van der Waals surface area contributed by atoms with Crippen LogP contribution in [-0.4, -0.2) is 50.3 Å². The molecule has 2 N–H and O–H groups in total. The van der Waals surface area contributed by atoms with Crippen LogP contribution in [0.15, 0.2) is 48.5 Å². The van der Waals surface area contributed by atoms with Crippen molar-refractivity contribution in [1.29, 1.82) is 0 Å². The molecule has 0 saturated carbocycles. The first-order valence-electron chi connectivity index (χ1n) is 14.7. The van der Waals surface area contributed by atoms with Crippen LogP contribution in [0, 0.1) is 0 Å². The predicted octanol–water partition coefficient (Wildman–Crippen LogP) is 5.99. The average molecular weight is 624 g/mol. The molecule has 2 aromatic heterocycles. The van der Waals surface area contributed by atoms with Gasteiger partial charge in [-0.15, -0.1) is 10.2 Å². The van der Waals surface area contributed by atoms with Crippen LogP contribution < -0.4 is 4.72 Å². The van der Waals surface area contributed by atoms with Gasteiger partial charge in [0.15, 0.2) is 0 Å². The maximum atomic E-state index is 12.4. The van der Waals surface area contributed by atoms with Gasteiger partial charge in [0.2, 0.25) is 21.8 Å². The summed E-state index contributed by atoms with van der Waals surface area (Å²) < 4.78 is 28.7. The second-order valence-corrected chi connectivity index (χ2v) is 12.5. The lowest BCUT2D eigenvalue weighted by Crippen LogP contribution is -2.32. The molecule has 0 unspecified atom stereocenters. The van der Waals surface area contributed by atoms with Crippen molar-refractivity contribution in [1.82, 2.24) is 34.9 Å². The van der Waals surface area contributed by atoms with E-state index < -0.39 is 15.9 Å². The summed E-state index contributed by atoms with van der Waals surface area (Å²) in [5, 5.41) is 15.1. The zero-order valence-electron chi connectivity index (χ0n) is 24.8. The number of aryl methyl sites for hydroxylation is 2. The molecule has 0 aliphatic rings. The highest BCUT2D eigenvalue weighted by atomic mass is 35.5. The first-order valence-corrected chi connectivity index (χ1v) is 16.7. The predicted molar refractivity (Wildman–Crippen MR) is 170 cm³/mol. The Kier molecular flexibility index (Phi) is 11.2. The fourth-order valence-corrected chi connectivity index (χ4v) is 6.27. The van der Waals surface area contributed by atoms with Gasteiger partial charge in [0.25, 0.3) is 0 Å². The second-order valence-electron chi connectivity index (χ2n) is 10.3. The number of nitrogens with zero attached hydrogens (tertiary/aromatic N) is 5. The first kappa shape index (κ1) is 32.1. The minimum Gasteiger partial charge on any atom is -0.324 e. The molecule has 2 heterocycles. The molecule has 0 aliphatic heterocycles. The molecule has 228 valence electrons. The number of aromatic amines is 1. The van der Waals surface area contributed by atoms with E-state index in [9.17, 15) is 13.2 Å². The number of carbonyl (C=O) groups is 1. The molecule has 12 heteroatoms. The van der Waals surface area contributed by atoms with Crippen molar-refractivity contribution in [3.05, 3.63) is 76.3 Å². The molecule has 4 rings (SSSR count). The third-order valence-electron chi connectivity index (χ3n) is 7.04. The lowest BCUT2D eigenvalue weighted by atomic mass is 9.98. The van der Waals surface area contributed by atoms with Crippen molar-refractivity contribution < 1.29 is 13.2 Å². The number of tetrazole rings is 1. The number of hydrogen-bond donors (Lipinski definition) is 2. The van der Waals surface area contributed by atoms with Crippen molar-refractivity contribution in [2.75, 3.05) is 5.75 Å². The summed E-state index contributed by atoms with van der Waals surface area (Å²) in [7, 11) is -3.63. The summed E-state index contributed by atoms with van der Waals surface area (Å²) in [6, 6.07) is 13.8. The first-order chi connectivity index (χ1) is 20.8. The zero-order valence-corrected chi connectivity index (χ0v) is 26.4. The highest BCUT2D eigenvalue weighted by molar-refractivity contribution is 7.90. The van der Waals surface area contributed by atoms with Crippen LogP contribution >= 0.6 is 11.6 Å².